The Kier molecular flexibility index (Phi) is 6.75. The molecule has 0 aliphatic carbocycles. The summed E-state index contributed by atoms with van der Waals surface area (Å²) < 4.78 is 32.2. The van der Waals surface area contributed by atoms with Crippen LogP contribution in [0.5, 0.6) is 0 Å². The Morgan fingerprint density at radius 3 is 2.70 bits per heavy atom. The highest BCUT2D eigenvalue weighted by atomic mass is 35.5. The minimum atomic E-state index is -3.60. The number of ether oxygens (including phenoxy) is 1. The molecule has 0 bridgehead atoms. The lowest BCUT2D eigenvalue weighted by Crippen LogP contribution is -2.26. The van der Waals surface area contributed by atoms with Crippen molar-refractivity contribution in [1.82, 2.24) is 4.72 Å². The Labute approximate surface area is 125 Å². The Hall–Kier alpha value is -0.820. The summed E-state index contributed by atoms with van der Waals surface area (Å²) in [5, 5.41) is 0.305. The van der Waals surface area contributed by atoms with Crippen molar-refractivity contribution < 1.29 is 13.2 Å². The number of hydrogen-bond donors (Lipinski definition) is 2. The largest absolute Gasteiger partial charge is 0.398 e. The van der Waals surface area contributed by atoms with Gasteiger partial charge in [0.25, 0.3) is 0 Å². The van der Waals surface area contributed by atoms with Crippen LogP contribution in [0.4, 0.5) is 5.69 Å². The van der Waals surface area contributed by atoms with Crippen LogP contribution in [0.3, 0.4) is 0 Å². The van der Waals surface area contributed by atoms with Crippen LogP contribution in [0, 0.1) is 6.92 Å². The summed E-state index contributed by atoms with van der Waals surface area (Å²) in [6, 6.07) is 2.94. The first kappa shape index (κ1) is 17.2. The lowest BCUT2D eigenvalue weighted by molar-refractivity contribution is 0.133. The SMILES string of the molecule is CCCOCCCNS(=O)(=O)c1cc(Cl)cc(N)c1C. The van der Waals surface area contributed by atoms with Crippen LogP contribution >= 0.6 is 11.6 Å². The molecule has 7 heteroatoms. The van der Waals surface area contributed by atoms with E-state index in [0.717, 1.165) is 6.42 Å². The molecule has 1 aromatic rings. The van der Waals surface area contributed by atoms with E-state index in [1.807, 2.05) is 6.92 Å². The number of benzene rings is 1. The minimum Gasteiger partial charge on any atom is -0.398 e. The molecule has 0 aliphatic rings. The molecule has 114 valence electrons. The topological polar surface area (TPSA) is 81.4 Å². The molecule has 0 unspecified atom stereocenters. The summed E-state index contributed by atoms with van der Waals surface area (Å²) in [6.07, 6.45) is 1.57. The lowest BCUT2D eigenvalue weighted by atomic mass is 10.2. The second-order valence-electron chi connectivity index (χ2n) is 4.48. The molecule has 1 aromatic carbocycles. The van der Waals surface area contributed by atoms with Crippen molar-refractivity contribution in [1.29, 1.82) is 0 Å². The highest BCUT2D eigenvalue weighted by Crippen LogP contribution is 2.25. The molecule has 3 N–H and O–H groups in total. The van der Waals surface area contributed by atoms with Gasteiger partial charge in [0.15, 0.2) is 0 Å². The van der Waals surface area contributed by atoms with Crippen molar-refractivity contribution in [3.63, 3.8) is 0 Å². The number of anilines is 1. The minimum absolute atomic E-state index is 0.122. The first-order valence-corrected chi connectivity index (χ1v) is 8.37. The third-order valence-corrected chi connectivity index (χ3v) is 4.57. The second kappa shape index (κ2) is 7.83. The van der Waals surface area contributed by atoms with Gasteiger partial charge in [0.1, 0.15) is 0 Å². The van der Waals surface area contributed by atoms with Gasteiger partial charge in [-0.15, -0.1) is 0 Å². The number of nitrogen functional groups attached to an aromatic ring is 1. The zero-order chi connectivity index (χ0) is 15.2. The zero-order valence-electron chi connectivity index (χ0n) is 11.8. The molecular formula is C13H21ClN2O3S. The van der Waals surface area contributed by atoms with Crippen molar-refractivity contribution in [2.24, 2.45) is 0 Å². The predicted octanol–water partition coefficient (Wildman–Crippen LogP) is 2.33. The summed E-state index contributed by atoms with van der Waals surface area (Å²) in [4.78, 5) is 0.122. The van der Waals surface area contributed by atoms with Gasteiger partial charge in [0.05, 0.1) is 4.90 Å². The molecule has 0 saturated heterocycles. The fraction of sp³-hybridized carbons (Fsp3) is 0.538. The molecule has 0 aromatic heterocycles. The van der Waals surface area contributed by atoms with E-state index in [0.29, 0.717) is 42.5 Å². The van der Waals surface area contributed by atoms with E-state index in [2.05, 4.69) is 4.72 Å². The van der Waals surface area contributed by atoms with E-state index in [1.165, 1.54) is 12.1 Å². The van der Waals surface area contributed by atoms with Crippen LogP contribution < -0.4 is 10.5 Å². The van der Waals surface area contributed by atoms with Crippen molar-refractivity contribution in [3.05, 3.63) is 22.7 Å². The van der Waals surface area contributed by atoms with E-state index in [-0.39, 0.29) is 4.90 Å². The highest BCUT2D eigenvalue weighted by Gasteiger charge is 2.18. The zero-order valence-corrected chi connectivity index (χ0v) is 13.4. The fourth-order valence-electron chi connectivity index (χ4n) is 1.66. The molecule has 0 radical (unpaired) electrons. The van der Waals surface area contributed by atoms with Gasteiger partial charge in [-0.2, -0.15) is 0 Å². The van der Waals surface area contributed by atoms with Crippen LogP contribution in [0.1, 0.15) is 25.3 Å². The summed E-state index contributed by atoms with van der Waals surface area (Å²) >= 11 is 5.85. The quantitative estimate of drug-likeness (QED) is 0.569. The van der Waals surface area contributed by atoms with Crippen LogP contribution in [-0.4, -0.2) is 28.2 Å². The summed E-state index contributed by atoms with van der Waals surface area (Å²) in [6.45, 7) is 5.22. The normalized spacial score (nSPS) is 11.8. The fourth-order valence-corrected chi connectivity index (χ4v) is 3.32. The van der Waals surface area contributed by atoms with E-state index >= 15 is 0 Å². The van der Waals surface area contributed by atoms with Crippen molar-refractivity contribution in [3.8, 4) is 0 Å². The third kappa shape index (κ3) is 4.94. The van der Waals surface area contributed by atoms with Gasteiger partial charge in [0.2, 0.25) is 10.0 Å². The Morgan fingerprint density at radius 1 is 1.35 bits per heavy atom. The highest BCUT2D eigenvalue weighted by molar-refractivity contribution is 7.89. The number of nitrogens with one attached hydrogen (secondary N) is 1. The predicted molar refractivity (Wildman–Crippen MR) is 81.5 cm³/mol. The van der Waals surface area contributed by atoms with Gasteiger partial charge in [-0.25, -0.2) is 13.1 Å². The van der Waals surface area contributed by atoms with Gasteiger partial charge in [-0.1, -0.05) is 18.5 Å². The summed E-state index contributed by atoms with van der Waals surface area (Å²) in [5.74, 6) is 0. The molecule has 0 atom stereocenters. The molecular weight excluding hydrogens is 300 g/mol. The monoisotopic (exact) mass is 320 g/mol. The molecule has 0 heterocycles. The molecule has 0 aliphatic heterocycles. The molecule has 5 nitrogen and oxygen atoms in total. The van der Waals surface area contributed by atoms with Gasteiger partial charge >= 0.3 is 0 Å². The average molecular weight is 321 g/mol. The molecule has 0 spiro atoms. The maximum Gasteiger partial charge on any atom is 0.240 e. The number of rotatable bonds is 8. The molecule has 1 rings (SSSR count). The van der Waals surface area contributed by atoms with Crippen LogP contribution in [0.2, 0.25) is 5.02 Å². The van der Waals surface area contributed by atoms with Crippen molar-refractivity contribution in [2.75, 3.05) is 25.5 Å². The van der Waals surface area contributed by atoms with Gasteiger partial charge in [0, 0.05) is 30.5 Å². The maximum atomic E-state index is 12.2. The second-order valence-corrected chi connectivity index (χ2v) is 6.65. The summed E-state index contributed by atoms with van der Waals surface area (Å²) in [7, 11) is -3.60. The van der Waals surface area contributed by atoms with Crippen molar-refractivity contribution in [2.45, 2.75) is 31.6 Å². The standard InChI is InChI=1S/C13H21ClN2O3S/c1-3-6-19-7-4-5-16-20(17,18)13-9-11(14)8-12(15)10(13)2/h8-9,16H,3-7,15H2,1-2H3. The summed E-state index contributed by atoms with van der Waals surface area (Å²) in [5.41, 5.74) is 6.60. The number of halogens is 1. The lowest BCUT2D eigenvalue weighted by Gasteiger charge is -2.11. The smallest absolute Gasteiger partial charge is 0.240 e. The van der Waals surface area contributed by atoms with Gasteiger partial charge in [-0.3, -0.25) is 0 Å². The average Bonchev–Trinajstić information content (AvgIpc) is 2.37. The van der Waals surface area contributed by atoms with E-state index in [1.54, 1.807) is 6.92 Å². The van der Waals surface area contributed by atoms with E-state index in [9.17, 15) is 8.42 Å². The maximum absolute atomic E-state index is 12.2. The molecule has 0 fully saturated rings. The first-order chi connectivity index (χ1) is 9.38. The van der Waals surface area contributed by atoms with Crippen molar-refractivity contribution >= 4 is 27.3 Å². The molecule has 0 amide bonds. The Bertz CT molecular complexity index is 547. The van der Waals surface area contributed by atoms with E-state index in [4.69, 9.17) is 22.1 Å². The van der Waals surface area contributed by atoms with Gasteiger partial charge < -0.3 is 10.5 Å². The third-order valence-electron chi connectivity index (χ3n) is 2.76. The van der Waals surface area contributed by atoms with E-state index < -0.39 is 10.0 Å². The number of nitrogens with two attached hydrogens (primary N) is 1. The molecule has 20 heavy (non-hydrogen) atoms. The Balaban J connectivity index is 2.65. The number of sulfonamides is 1. The van der Waals surface area contributed by atoms with Crippen LogP contribution in [0.25, 0.3) is 0 Å². The van der Waals surface area contributed by atoms with Crippen LogP contribution in [-0.2, 0) is 14.8 Å². The van der Waals surface area contributed by atoms with Crippen LogP contribution in [0.15, 0.2) is 17.0 Å². The molecule has 0 saturated carbocycles. The van der Waals surface area contributed by atoms with Gasteiger partial charge in [-0.05, 0) is 37.5 Å². The first-order valence-electron chi connectivity index (χ1n) is 6.51. The number of hydrogen-bond acceptors (Lipinski definition) is 4. The Morgan fingerprint density at radius 2 is 2.05 bits per heavy atom.